The van der Waals surface area contributed by atoms with E-state index < -0.39 is 0 Å². The minimum absolute atomic E-state index is 0.00651. The van der Waals surface area contributed by atoms with Gasteiger partial charge in [0.15, 0.2) is 0 Å². The van der Waals surface area contributed by atoms with Gasteiger partial charge >= 0.3 is 5.97 Å². The number of hydrogen-bond acceptors (Lipinski definition) is 2. The Bertz CT molecular complexity index is 258. The van der Waals surface area contributed by atoms with Crippen molar-refractivity contribution in [2.24, 2.45) is 0 Å². The monoisotopic (exact) mass is 266 g/mol. The summed E-state index contributed by atoms with van der Waals surface area (Å²) < 4.78 is 5.20. The van der Waals surface area contributed by atoms with Crippen LogP contribution in [0.1, 0.15) is 84.0 Å². The highest BCUT2D eigenvalue weighted by atomic mass is 16.5. The van der Waals surface area contributed by atoms with E-state index in [0.717, 1.165) is 12.8 Å². The maximum absolute atomic E-state index is 10.9. The number of cyclic esters (lactones) is 1. The van der Waals surface area contributed by atoms with Crippen molar-refractivity contribution in [2.75, 3.05) is 0 Å². The highest BCUT2D eigenvalue weighted by Crippen LogP contribution is 2.19. The second kappa shape index (κ2) is 11.1. The van der Waals surface area contributed by atoms with Crippen molar-refractivity contribution in [3.63, 3.8) is 0 Å². The van der Waals surface area contributed by atoms with Crippen LogP contribution in [0.3, 0.4) is 0 Å². The molecule has 1 rings (SSSR count). The Labute approximate surface area is 118 Å². The molecule has 19 heavy (non-hydrogen) atoms. The molecule has 0 spiro atoms. The lowest BCUT2D eigenvalue weighted by Crippen LogP contribution is -2.05. The second-order valence-corrected chi connectivity index (χ2v) is 5.61. The van der Waals surface area contributed by atoms with Gasteiger partial charge < -0.3 is 4.74 Å². The van der Waals surface area contributed by atoms with E-state index >= 15 is 0 Å². The second-order valence-electron chi connectivity index (χ2n) is 5.61. The fourth-order valence-corrected chi connectivity index (χ4v) is 2.52. The van der Waals surface area contributed by atoms with E-state index in [4.69, 9.17) is 4.74 Å². The van der Waals surface area contributed by atoms with Crippen molar-refractivity contribution in [1.29, 1.82) is 0 Å². The summed E-state index contributed by atoms with van der Waals surface area (Å²) in [5, 5.41) is 0. The van der Waals surface area contributed by atoms with Crippen molar-refractivity contribution in [3.05, 3.63) is 12.2 Å². The maximum Gasteiger partial charge on any atom is 0.306 e. The fourth-order valence-electron chi connectivity index (χ4n) is 2.52. The summed E-state index contributed by atoms with van der Waals surface area (Å²) >= 11 is 0. The van der Waals surface area contributed by atoms with Crippen LogP contribution in [0.5, 0.6) is 0 Å². The molecule has 0 amide bonds. The van der Waals surface area contributed by atoms with Gasteiger partial charge in [-0.3, -0.25) is 4.79 Å². The Morgan fingerprint density at radius 1 is 1.05 bits per heavy atom. The third-order valence-corrected chi connectivity index (χ3v) is 3.76. The Morgan fingerprint density at radius 2 is 1.74 bits per heavy atom. The number of allylic oxidation sites excluding steroid dienone is 2. The highest BCUT2D eigenvalue weighted by Gasteiger charge is 2.22. The molecule has 1 unspecified atom stereocenters. The lowest BCUT2D eigenvalue weighted by atomic mass is 10.1. The third kappa shape index (κ3) is 8.85. The van der Waals surface area contributed by atoms with Crippen LogP contribution in [0.2, 0.25) is 0 Å². The van der Waals surface area contributed by atoms with Gasteiger partial charge in [-0.25, -0.2) is 0 Å². The minimum atomic E-state index is -0.00651. The van der Waals surface area contributed by atoms with Gasteiger partial charge in [-0.1, -0.05) is 44.8 Å². The Hall–Kier alpha value is -0.790. The molecule has 1 aliphatic heterocycles. The molecular formula is C17H30O2. The van der Waals surface area contributed by atoms with Crippen LogP contribution in [-0.4, -0.2) is 12.1 Å². The lowest BCUT2D eigenvalue weighted by Gasteiger charge is -2.07. The Kier molecular flexibility index (Phi) is 9.48. The molecule has 0 aliphatic carbocycles. The van der Waals surface area contributed by atoms with Crippen LogP contribution < -0.4 is 0 Å². The lowest BCUT2D eigenvalue weighted by molar-refractivity contribution is -0.141. The molecule has 0 aromatic carbocycles. The molecular weight excluding hydrogens is 236 g/mol. The van der Waals surface area contributed by atoms with Crippen LogP contribution >= 0.6 is 0 Å². The van der Waals surface area contributed by atoms with Crippen molar-refractivity contribution >= 4 is 5.97 Å². The fraction of sp³-hybridized carbons (Fsp3) is 0.824. The number of esters is 1. The smallest absolute Gasteiger partial charge is 0.306 e. The number of hydrogen-bond donors (Lipinski definition) is 0. The normalized spacial score (nSPS) is 19.2. The molecule has 1 aliphatic rings. The molecule has 0 aromatic rings. The van der Waals surface area contributed by atoms with Gasteiger partial charge in [-0.2, -0.15) is 0 Å². The van der Waals surface area contributed by atoms with E-state index in [0.29, 0.717) is 6.42 Å². The van der Waals surface area contributed by atoms with E-state index in [1.54, 1.807) is 0 Å². The summed E-state index contributed by atoms with van der Waals surface area (Å²) in [6, 6.07) is 0. The summed E-state index contributed by atoms with van der Waals surface area (Å²) in [6.45, 7) is 2.26. The summed E-state index contributed by atoms with van der Waals surface area (Å²) in [7, 11) is 0. The van der Waals surface area contributed by atoms with Crippen LogP contribution in [0.4, 0.5) is 0 Å². The molecule has 0 aromatic heterocycles. The number of ether oxygens (including phenoxy) is 1. The largest absolute Gasteiger partial charge is 0.462 e. The Morgan fingerprint density at radius 3 is 2.37 bits per heavy atom. The molecule has 0 bridgehead atoms. The first-order chi connectivity index (χ1) is 9.33. The first-order valence-corrected chi connectivity index (χ1v) is 8.17. The topological polar surface area (TPSA) is 26.3 Å². The summed E-state index contributed by atoms with van der Waals surface area (Å²) in [4.78, 5) is 10.9. The maximum atomic E-state index is 10.9. The van der Waals surface area contributed by atoms with Crippen LogP contribution in [0.25, 0.3) is 0 Å². The number of carbonyl (C=O) groups is 1. The number of rotatable bonds is 11. The van der Waals surface area contributed by atoms with Crippen molar-refractivity contribution in [3.8, 4) is 0 Å². The highest BCUT2D eigenvalue weighted by molar-refractivity contribution is 5.71. The van der Waals surface area contributed by atoms with Crippen molar-refractivity contribution in [2.45, 2.75) is 90.1 Å². The van der Waals surface area contributed by atoms with Gasteiger partial charge in [0.2, 0.25) is 0 Å². The van der Waals surface area contributed by atoms with Gasteiger partial charge in [0.1, 0.15) is 6.10 Å². The van der Waals surface area contributed by atoms with Crippen LogP contribution in [-0.2, 0) is 9.53 Å². The molecule has 2 nitrogen and oxygen atoms in total. The zero-order chi connectivity index (χ0) is 13.8. The average molecular weight is 266 g/mol. The zero-order valence-corrected chi connectivity index (χ0v) is 12.5. The Balaban J connectivity index is 1.81. The van der Waals surface area contributed by atoms with Gasteiger partial charge in [-0.05, 0) is 44.9 Å². The molecule has 0 saturated carbocycles. The standard InChI is InChI=1S/C17H30O2/c1-2-3-4-5-6-7-8-9-10-11-12-13-16-14-15-17(18)19-16/h8-9,16H,2-7,10-15H2,1H3/b9-8-. The molecule has 0 radical (unpaired) electrons. The van der Waals surface area contributed by atoms with E-state index in [9.17, 15) is 4.79 Å². The average Bonchev–Trinajstić information content (AvgIpc) is 2.82. The molecule has 1 saturated heterocycles. The van der Waals surface area contributed by atoms with Gasteiger partial charge in [0.05, 0.1) is 0 Å². The molecule has 2 heteroatoms. The summed E-state index contributed by atoms with van der Waals surface area (Å²) in [5.41, 5.74) is 0. The predicted octanol–water partition coefficient (Wildman–Crippen LogP) is 5.17. The molecule has 1 heterocycles. The van der Waals surface area contributed by atoms with Crippen LogP contribution in [0.15, 0.2) is 12.2 Å². The quantitative estimate of drug-likeness (QED) is 0.293. The molecule has 0 N–H and O–H groups in total. The van der Waals surface area contributed by atoms with Crippen molar-refractivity contribution < 1.29 is 9.53 Å². The minimum Gasteiger partial charge on any atom is -0.462 e. The van der Waals surface area contributed by atoms with E-state index in [1.807, 2.05) is 0 Å². The van der Waals surface area contributed by atoms with Gasteiger partial charge in [0.25, 0.3) is 0 Å². The zero-order valence-electron chi connectivity index (χ0n) is 12.5. The van der Waals surface area contributed by atoms with E-state index in [2.05, 4.69) is 19.1 Å². The summed E-state index contributed by atoms with van der Waals surface area (Å²) in [5.74, 6) is -0.00651. The molecule has 1 atom stereocenters. The number of unbranched alkanes of at least 4 members (excludes halogenated alkanes) is 7. The van der Waals surface area contributed by atoms with E-state index in [1.165, 1.54) is 57.8 Å². The van der Waals surface area contributed by atoms with Gasteiger partial charge in [0, 0.05) is 6.42 Å². The first-order valence-electron chi connectivity index (χ1n) is 8.17. The molecule has 110 valence electrons. The van der Waals surface area contributed by atoms with Gasteiger partial charge in [-0.15, -0.1) is 0 Å². The third-order valence-electron chi connectivity index (χ3n) is 3.76. The SMILES string of the molecule is CCCCCCC/C=C\CCCCC1CCC(=O)O1. The van der Waals surface area contributed by atoms with E-state index in [-0.39, 0.29) is 12.1 Å². The number of carbonyl (C=O) groups excluding carboxylic acids is 1. The first kappa shape index (κ1) is 16.3. The van der Waals surface area contributed by atoms with Crippen molar-refractivity contribution in [1.82, 2.24) is 0 Å². The predicted molar refractivity (Wildman–Crippen MR) is 80.1 cm³/mol. The van der Waals surface area contributed by atoms with Crippen LogP contribution in [0, 0.1) is 0 Å². The molecule has 1 fully saturated rings. The summed E-state index contributed by atoms with van der Waals surface area (Å²) in [6.07, 6.45) is 19.1.